The van der Waals surface area contributed by atoms with E-state index in [1.54, 1.807) is 12.1 Å². The van der Waals surface area contributed by atoms with Gasteiger partial charge >= 0.3 is 6.03 Å². The van der Waals surface area contributed by atoms with Crippen LogP contribution in [-0.4, -0.2) is 28.8 Å². The second-order valence-electron chi connectivity index (χ2n) is 6.86. The molecule has 2 aromatic carbocycles. The zero-order chi connectivity index (χ0) is 20.8. The Morgan fingerprint density at radius 1 is 1.14 bits per heavy atom. The molecular weight excluding hydrogens is 390 g/mol. The van der Waals surface area contributed by atoms with E-state index in [-0.39, 0.29) is 19.0 Å². The number of hydrogen-bond acceptors (Lipinski definition) is 4. The fourth-order valence-corrected chi connectivity index (χ4v) is 3.09. The van der Waals surface area contributed by atoms with Crippen LogP contribution < -0.4 is 10.6 Å². The molecule has 0 aliphatic rings. The molecule has 2 unspecified atom stereocenters. The van der Waals surface area contributed by atoms with Gasteiger partial charge in [0, 0.05) is 23.0 Å². The van der Waals surface area contributed by atoms with Crippen molar-refractivity contribution in [3.63, 3.8) is 0 Å². The number of carbonyl (C=O) groups is 1. The molecule has 0 aliphatic carbocycles. The standard InChI is InChI=1S/C22H24ClN3O3/c1-14(16-6-4-3-5-7-16)19(27)12-24-22(28)25-13-20-26-15(2)21(29-20)17-8-10-18(23)11-9-17/h3-11,14,19,27H,12-13H2,1-2H3,(H2,24,25,28). The summed E-state index contributed by atoms with van der Waals surface area (Å²) in [4.78, 5) is 16.4. The Morgan fingerprint density at radius 2 is 1.83 bits per heavy atom. The Bertz CT molecular complexity index is 942. The van der Waals surface area contributed by atoms with Crippen LogP contribution in [0.2, 0.25) is 5.02 Å². The van der Waals surface area contributed by atoms with Crippen molar-refractivity contribution in [2.24, 2.45) is 0 Å². The first kappa shape index (κ1) is 20.9. The van der Waals surface area contributed by atoms with E-state index in [0.717, 1.165) is 16.8 Å². The van der Waals surface area contributed by atoms with E-state index in [4.69, 9.17) is 16.0 Å². The third kappa shape index (κ3) is 5.59. The van der Waals surface area contributed by atoms with Crippen molar-refractivity contribution in [2.75, 3.05) is 6.54 Å². The normalized spacial score (nSPS) is 13.0. The van der Waals surface area contributed by atoms with Crippen molar-refractivity contribution < 1.29 is 14.3 Å². The Balaban J connectivity index is 1.49. The highest BCUT2D eigenvalue weighted by molar-refractivity contribution is 6.30. The lowest BCUT2D eigenvalue weighted by molar-refractivity contribution is 0.147. The number of hydrogen-bond donors (Lipinski definition) is 3. The first-order chi connectivity index (χ1) is 13.9. The second-order valence-corrected chi connectivity index (χ2v) is 7.30. The van der Waals surface area contributed by atoms with E-state index in [9.17, 15) is 9.90 Å². The van der Waals surface area contributed by atoms with Crippen LogP contribution in [0.5, 0.6) is 0 Å². The van der Waals surface area contributed by atoms with Crippen LogP contribution >= 0.6 is 11.6 Å². The molecule has 7 heteroatoms. The molecule has 2 amide bonds. The molecule has 3 aromatic rings. The first-order valence-electron chi connectivity index (χ1n) is 9.41. The number of nitrogens with one attached hydrogen (secondary N) is 2. The van der Waals surface area contributed by atoms with Crippen molar-refractivity contribution in [3.05, 3.63) is 76.8 Å². The van der Waals surface area contributed by atoms with E-state index in [1.807, 2.05) is 56.3 Å². The van der Waals surface area contributed by atoms with E-state index < -0.39 is 12.1 Å². The summed E-state index contributed by atoms with van der Waals surface area (Å²) >= 11 is 5.92. The minimum atomic E-state index is -0.691. The summed E-state index contributed by atoms with van der Waals surface area (Å²) in [5.41, 5.74) is 2.62. The van der Waals surface area contributed by atoms with Crippen LogP contribution in [0.4, 0.5) is 4.79 Å². The maximum atomic E-state index is 12.1. The van der Waals surface area contributed by atoms with Gasteiger partial charge in [-0.1, -0.05) is 48.9 Å². The number of halogens is 1. The van der Waals surface area contributed by atoms with Gasteiger partial charge in [-0.15, -0.1) is 0 Å². The van der Waals surface area contributed by atoms with Gasteiger partial charge in [-0.25, -0.2) is 9.78 Å². The van der Waals surface area contributed by atoms with Crippen LogP contribution in [-0.2, 0) is 6.54 Å². The second kappa shape index (κ2) is 9.58. The van der Waals surface area contributed by atoms with Gasteiger partial charge in [0.15, 0.2) is 5.76 Å². The molecule has 0 saturated heterocycles. The van der Waals surface area contributed by atoms with E-state index in [0.29, 0.717) is 16.7 Å². The van der Waals surface area contributed by atoms with Crippen molar-refractivity contribution in [3.8, 4) is 11.3 Å². The molecule has 29 heavy (non-hydrogen) atoms. The first-order valence-corrected chi connectivity index (χ1v) is 9.79. The number of aryl methyl sites for hydroxylation is 1. The molecule has 0 fully saturated rings. The molecule has 0 bridgehead atoms. The van der Waals surface area contributed by atoms with Crippen LogP contribution in [0.15, 0.2) is 59.0 Å². The van der Waals surface area contributed by atoms with Crippen molar-refractivity contribution >= 4 is 17.6 Å². The molecule has 0 radical (unpaired) electrons. The molecule has 0 aliphatic heterocycles. The number of aromatic nitrogens is 1. The summed E-state index contributed by atoms with van der Waals surface area (Å²) in [7, 11) is 0. The minimum Gasteiger partial charge on any atom is -0.438 e. The van der Waals surface area contributed by atoms with E-state index >= 15 is 0 Å². The van der Waals surface area contributed by atoms with Crippen molar-refractivity contribution in [1.82, 2.24) is 15.6 Å². The number of aliphatic hydroxyl groups is 1. The van der Waals surface area contributed by atoms with Crippen LogP contribution in [0, 0.1) is 6.92 Å². The number of nitrogens with zero attached hydrogens (tertiary/aromatic N) is 1. The van der Waals surface area contributed by atoms with Crippen LogP contribution in [0.3, 0.4) is 0 Å². The lowest BCUT2D eigenvalue weighted by atomic mass is 9.95. The SMILES string of the molecule is Cc1nc(CNC(=O)NCC(O)C(C)c2ccccc2)oc1-c1ccc(Cl)cc1. The Labute approximate surface area is 174 Å². The molecule has 0 saturated carbocycles. The highest BCUT2D eigenvalue weighted by atomic mass is 35.5. The molecular formula is C22H24ClN3O3. The fourth-order valence-electron chi connectivity index (χ4n) is 2.97. The molecule has 2 atom stereocenters. The van der Waals surface area contributed by atoms with E-state index in [2.05, 4.69) is 15.6 Å². The number of oxazole rings is 1. The third-order valence-electron chi connectivity index (χ3n) is 4.72. The fraction of sp³-hybridized carbons (Fsp3) is 0.273. The van der Waals surface area contributed by atoms with E-state index in [1.165, 1.54) is 0 Å². The smallest absolute Gasteiger partial charge is 0.315 e. The lowest BCUT2D eigenvalue weighted by Crippen LogP contribution is -2.40. The highest BCUT2D eigenvalue weighted by Gasteiger charge is 2.17. The summed E-state index contributed by atoms with van der Waals surface area (Å²) in [6.45, 7) is 4.05. The van der Waals surface area contributed by atoms with Gasteiger partial charge in [0.1, 0.15) is 0 Å². The highest BCUT2D eigenvalue weighted by Crippen LogP contribution is 2.25. The molecule has 3 N–H and O–H groups in total. The number of rotatable bonds is 7. The molecule has 152 valence electrons. The number of urea groups is 1. The monoisotopic (exact) mass is 413 g/mol. The largest absolute Gasteiger partial charge is 0.438 e. The van der Waals surface area contributed by atoms with Crippen LogP contribution in [0.25, 0.3) is 11.3 Å². The summed E-state index contributed by atoms with van der Waals surface area (Å²) in [6, 6.07) is 16.6. The molecule has 6 nitrogen and oxygen atoms in total. The Hall–Kier alpha value is -2.83. The van der Waals surface area contributed by atoms with Gasteiger partial charge in [0.2, 0.25) is 5.89 Å². The molecule has 1 aromatic heterocycles. The van der Waals surface area contributed by atoms with Crippen LogP contribution in [0.1, 0.15) is 30.0 Å². The maximum absolute atomic E-state index is 12.1. The number of aliphatic hydroxyl groups excluding tert-OH is 1. The predicted molar refractivity (Wildman–Crippen MR) is 113 cm³/mol. The van der Waals surface area contributed by atoms with Gasteiger partial charge in [0.05, 0.1) is 18.3 Å². The topological polar surface area (TPSA) is 87.4 Å². The quantitative estimate of drug-likeness (QED) is 0.539. The van der Waals surface area contributed by atoms with Gasteiger partial charge < -0.3 is 20.2 Å². The maximum Gasteiger partial charge on any atom is 0.315 e. The summed E-state index contributed by atoms with van der Waals surface area (Å²) in [6.07, 6.45) is -0.691. The number of carbonyl (C=O) groups excluding carboxylic acids is 1. The average molecular weight is 414 g/mol. The zero-order valence-corrected chi connectivity index (χ0v) is 17.1. The molecule has 0 spiro atoms. The summed E-state index contributed by atoms with van der Waals surface area (Å²) < 4.78 is 5.77. The zero-order valence-electron chi connectivity index (χ0n) is 16.4. The Kier molecular flexibility index (Phi) is 6.90. The van der Waals surface area contributed by atoms with Gasteiger partial charge in [-0.05, 0) is 36.8 Å². The van der Waals surface area contributed by atoms with Crippen molar-refractivity contribution in [2.45, 2.75) is 32.4 Å². The summed E-state index contributed by atoms with van der Waals surface area (Å²) in [5.74, 6) is 0.958. The Morgan fingerprint density at radius 3 is 2.52 bits per heavy atom. The van der Waals surface area contributed by atoms with Gasteiger partial charge in [-0.3, -0.25) is 0 Å². The summed E-state index contributed by atoms with van der Waals surface area (Å²) in [5, 5.41) is 16.3. The van der Waals surface area contributed by atoms with Gasteiger partial charge in [0.25, 0.3) is 0 Å². The lowest BCUT2D eigenvalue weighted by Gasteiger charge is -2.19. The number of benzene rings is 2. The minimum absolute atomic E-state index is 0.0900. The van der Waals surface area contributed by atoms with Gasteiger partial charge in [-0.2, -0.15) is 0 Å². The van der Waals surface area contributed by atoms with Crippen molar-refractivity contribution in [1.29, 1.82) is 0 Å². The third-order valence-corrected chi connectivity index (χ3v) is 4.97. The predicted octanol–water partition coefficient (Wildman–Crippen LogP) is 4.27. The number of amides is 2. The molecule has 1 heterocycles. The average Bonchev–Trinajstić information content (AvgIpc) is 3.11. The molecule has 3 rings (SSSR count).